The van der Waals surface area contributed by atoms with Crippen LogP contribution in [-0.4, -0.2) is 25.4 Å². The molecule has 2 atom stereocenters. The second kappa shape index (κ2) is 5.16. The molecule has 0 aromatic heterocycles. The highest BCUT2D eigenvalue weighted by atomic mass is 16.6. The highest BCUT2D eigenvalue weighted by Crippen LogP contribution is 2.14. The standard InChI is InChI=1S/C12H17NO3/c1-9-3-2-4-10(7-9)13-12(14)16-11-5-6-15-8-11/h2,4,7,9,11H,3,5-6,8H2,1H3,(H,13,14)/t9?,11-/m0/s1. The number of allylic oxidation sites excluding steroid dienone is 3. The molecule has 0 aromatic rings. The molecule has 0 saturated carbocycles. The molecular formula is C12H17NO3. The van der Waals surface area contributed by atoms with Crippen LogP contribution < -0.4 is 5.32 Å². The van der Waals surface area contributed by atoms with Crippen LogP contribution in [0.15, 0.2) is 23.9 Å². The Morgan fingerprint density at radius 2 is 2.50 bits per heavy atom. The van der Waals surface area contributed by atoms with Gasteiger partial charge in [0.1, 0.15) is 6.10 Å². The minimum atomic E-state index is -0.388. The van der Waals surface area contributed by atoms with Crippen LogP contribution in [-0.2, 0) is 9.47 Å². The lowest BCUT2D eigenvalue weighted by Crippen LogP contribution is -2.28. The van der Waals surface area contributed by atoms with Gasteiger partial charge >= 0.3 is 6.09 Å². The Hall–Kier alpha value is -1.29. The van der Waals surface area contributed by atoms with E-state index in [4.69, 9.17) is 9.47 Å². The van der Waals surface area contributed by atoms with E-state index in [0.29, 0.717) is 19.1 Å². The third-order valence-electron chi connectivity index (χ3n) is 2.68. The Labute approximate surface area is 95.3 Å². The van der Waals surface area contributed by atoms with Crippen LogP contribution in [0.25, 0.3) is 0 Å². The van der Waals surface area contributed by atoms with Gasteiger partial charge in [-0.2, -0.15) is 0 Å². The summed E-state index contributed by atoms with van der Waals surface area (Å²) in [5, 5.41) is 2.73. The molecule has 4 nitrogen and oxygen atoms in total. The van der Waals surface area contributed by atoms with Crippen LogP contribution in [0.3, 0.4) is 0 Å². The minimum Gasteiger partial charge on any atom is -0.443 e. The molecule has 0 bridgehead atoms. The molecule has 1 aliphatic carbocycles. The van der Waals surface area contributed by atoms with Crippen LogP contribution in [0.1, 0.15) is 19.8 Å². The van der Waals surface area contributed by atoms with Crippen LogP contribution in [0.2, 0.25) is 0 Å². The Kier molecular flexibility index (Phi) is 3.62. The number of rotatable bonds is 2. The van der Waals surface area contributed by atoms with Gasteiger partial charge in [0, 0.05) is 12.1 Å². The zero-order valence-electron chi connectivity index (χ0n) is 9.44. The van der Waals surface area contributed by atoms with Gasteiger partial charge < -0.3 is 9.47 Å². The Balaban J connectivity index is 1.80. The minimum absolute atomic E-state index is 0.0920. The molecule has 2 aliphatic rings. The van der Waals surface area contributed by atoms with E-state index >= 15 is 0 Å². The molecule has 88 valence electrons. The summed E-state index contributed by atoms with van der Waals surface area (Å²) in [6.07, 6.45) is 7.33. The lowest BCUT2D eigenvalue weighted by atomic mass is 10.0. The Bertz CT molecular complexity index is 316. The molecule has 1 N–H and O–H groups in total. The first-order chi connectivity index (χ1) is 7.74. The Morgan fingerprint density at radius 3 is 3.19 bits per heavy atom. The number of ether oxygens (including phenoxy) is 2. The molecule has 1 unspecified atom stereocenters. The fourth-order valence-corrected chi connectivity index (χ4v) is 1.83. The molecule has 4 heteroatoms. The van der Waals surface area contributed by atoms with E-state index in [9.17, 15) is 4.79 Å². The monoisotopic (exact) mass is 223 g/mol. The van der Waals surface area contributed by atoms with Crippen LogP contribution in [0, 0.1) is 5.92 Å². The molecule has 16 heavy (non-hydrogen) atoms. The summed E-state index contributed by atoms with van der Waals surface area (Å²) in [6.45, 7) is 3.30. The molecular weight excluding hydrogens is 206 g/mol. The summed E-state index contributed by atoms with van der Waals surface area (Å²) < 4.78 is 10.3. The van der Waals surface area contributed by atoms with Crippen molar-refractivity contribution in [1.29, 1.82) is 0 Å². The Morgan fingerprint density at radius 1 is 1.62 bits per heavy atom. The van der Waals surface area contributed by atoms with Gasteiger partial charge in [0.05, 0.1) is 13.2 Å². The number of carbonyl (C=O) groups is 1. The molecule has 1 aliphatic heterocycles. The fourth-order valence-electron chi connectivity index (χ4n) is 1.83. The lowest BCUT2D eigenvalue weighted by molar-refractivity contribution is 0.0851. The maximum atomic E-state index is 11.5. The number of hydrogen-bond donors (Lipinski definition) is 1. The van der Waals surface area contributed by atoms with Crippen molar-refractivity contribution in [2.45, 2.75) is 25.9 Å². The SMILES string of the molecule is CC1C=C(NC(=O)O[C@H]2CCOC2)C=CC1. The molecule has 1 fully saturated rings. The van der Waals surface area contributed by atoms with E-state index in [-0.39, 0.29) is 12.2 Å². The first-order valence-corrected chi connectivity index (χ1v) is 5.68. The van der Waals surface area contributed by atoms with Crippen molar-refractivity contribution >= 4 is 6.09 Å². The van der Waals surface area contributed by atoms with Gasteiger partial charge in [-0.15, -0.1) is 0 Å². The molecule has 1 heterocycles. The van der Waals surface area contributed by atoms with Gasteiger partial charge in [0.25, 0.3) is 0 Å². The first-order valence-electron chi connectivity index (χ1n) is 5.68. The zero-order chi connectivity index (χ0) is 11.4. The molecule has 2 rings (SSSR count). The predicted octanol–water partition coefficient (Wildman–Crippen LogP) is 1.98. The van der Waals surface area contributed by atoms with E-state index in [0.717, 1.165) is 18.5 Å². The number of carbonyl (C=O) groups excluding carboxylic acids is 1. The van der Waals surface area contributed by atoms with E-state index in [1.165, 1.54) is 0 Å². The van der Waals surface area contributed by atoms with Crippen molar-refractivity contribution in [3.8, 4) is 0 Å². The van der Waals surface area contributed by atoms with E-state index in [2.05, 4.69) is 18.3 Å². The van der Waals surface area contributed by atoms with Crippen LogP contribution in [0.5, 0.6) is 0 Å². The van der Waals surface area contributed by atoms with E-state index < -0.39 is 0 Å². The third-order valence-corrected chi connectivity index (χ3v) is 2.68. The van der Waals surface area contributed by atoms with E-state index in [1.807, 2.05) is 12.2 Å². The molecule has 1 saturated heterocycles. The summed E-state index contributed by atoms with van der Waals surface area (Å²) in [5.41, 5.74) is 0.822. The molecule has 1 amide bonds. The molecule has 0 aromatic carbocycles. The number of hydrogen-bond acceptors (Lipinski definition) is 3. The number of alkyl carbamates (subject to hydrolysis) is 1. The smallest absolute Gasteiger partial charge is 0.411 e. The van der Waals surface area contributed by atoms with Gasteiger partial charge in [-0.25, -0.2) is 4.79 Å². The van der Waals surface area contributed by atoms with Gasteiger partial charge in [-0.3, -0.25) is 5.32 Å². The predicted molar refractivity (Wildman–Crippen MR) is 59.8 cm³/mol. The van der Waals surface area contributed by atoms with Crippen molar-refractivity contribution in [3.63, 3.8) is 0 Å². The van der Waals surface area contributed by atoms with Crippen molar-refractivity contribution in [1.82, 2.24) is 5.32 Å². The summed E-state index contributed by atoms with van der Waals surface area (Å²) in [6, 6.07) is 0. The molecule has 0 radical (unpaired) electrons. The van der Waals surface area contributed by atoms with Crippen molar-refractivity contribution in [3.05, 3.63) is 23.9 Å². The highest BCUT2D eigenvalue weighted by Gasteiger charge is 2.20. The van der Waals surface area contributed by atoms with Gasteiger partial charge in [-0.1, -0.05) is 19.1 Å². The summed E-state index contributed by atoms with van der Waals surface area (Å²) >= 11 is 0. The number of amides is 1. The zero-order valence-corrected chi connectivity index (χ0v) is 9.44. The van der Waals surface area contributed by atoms with Crippen molar-refractivity contribution < 1.29 is 14.3 Å². The van der Waals surface area contributed by atoms with Gasteiger partial charge in [0.15, 0.2) is 0 Å². The molecule has 0 spiro atoms. The quantitative estimate of drug-likeness (QED) is 0.778. The first kappa shape index (κ1) is 11.2. The normalized spacial score (nSPS) is 28.7. The second-order valence-electron chi connectivity index (χ2n) is 4.25. The van der Waals surface area contributed by atoms with Gasteiger partial charge in [0.2, 0.25) is 0 Å². The van der Waals surface area contributed by atoms with Crippen molar-refractivity contribution in [2.24, 2.45) is 5.92 Å². The average molecular weight is 223 g/mol. The topological polar surface area (TPSA) is 47.6 Å². The number of nitrogens with one attached hydrogen (secondary N) is 1. The van der Waals surface area contributed by atoms with E-state index in [1.54, 1.807) is 0 Å². The summed E-state index contributed by atoms with van der Waals surface area (Å²) in [4.78, 5) is 11.5. The third kappa shape index (κ3) is 3.10. The average Bonchev–Trinajstić information content (AvgIpc) is 2.70. The fraction of sp³-hybridized carbons (Fsp3) is 0.583. The van der Waals surface area contributed by atoms with Gasteiger partial charge in [-0.05, 0) is 18.4 Å². The summed E-state index contributed by atoms with van der Waals surface area (Å²) in [7, 11) is 0. The largest absolute Gasteiger partial charge is 0.443 e. The van der Waals surface area contributed by atoms with Crippen molar-refractivity contribution in [2.75, 3.05) is 13.2 Å². The maximum Gasteiger partial charge on any atom is 0.411 e. The lowest BCUT2D eigenvalue weighted by Gasteiger charge is -2.15. The second-order valence-corrected chi connectivity index (χ2v) is 4.25. The van der Waals surface area contributed by atoms with Crippen LogP contribution in [0.4, 0.5) is 4.79 Å². The van der Waals surface area contributed by atoms with Crippen LogP contribution >= 0.6 is 0 Å². The maximum absolute atomic E-state index is 11.5. The summed E-state index contributed by atoms with van der Waals surface area (Å²) in [5.74, 6) is 0.468. The highest BCUT2D eigenvalue weighted by molar-refractivity contribution is 5.70.